The standard InChI is InChI=1S/C22H14Br2ClN3O6/c23-15-8-14(21(17(24)9-15)34-22(30)13-4-2-1-3-5-13)11-26-27-20(29)12-33-19-7-6-16(25)10-18(19)28(31)32/h1-11H,12H2,(H,27,29)/b26-11+. The fourth-order valence-electron chi connectivity index (χ4n) is 2.61. The topological polar surface area (TPSA) is 120 Å². The van der Waals surface area contributed by atoms with Gasteiger partial charge in [0.2, 0.25) is 0 Å². The summed E-state index contributed by atoms with van der Waals surface area (Å²) >= 11 is 12.5. The summed E-state index contributed by atoms with van der Waals surface area (Å²) in [5.74, 6) is -1.15. The minimum absolute atomic E-state index is 0.112. The van der Waals surface area contributed by atoms with Crippen LogP contribution in [0.2, 0.25) is 5.02 Å². The van der Waals surface area contributed by atoms with Crippen LogP contribution in [0.3, 0.4) is 0 Å². The fraction of sp³-hybridized carbons (Fsp3) is 0.0455. The van der Waals surface area contributed by atoms with Crippen LogP contribution in [-0.2, 0) is 4.79 Å². The molecule has 0 aliphatic rings. The molecule has 0 unspecified atom stereocenters. The Morgan fingerprint density at radius 1 is 1.12 bits per heavy atom. The van der Waals surface area contributed by atoms with Crippen LogP contribution in [0.5, 0.6) is 11.5 Å². The first-order chi connectivity index (χ1) is 16.2. The fourth-order valence-corrected chi connectivity index (χ4v) is 4.12. The number of nitrogens with one attached hydrogen (secondary N) is 1. The number of ether oxygens (including phenoxy) is 2. The number of carbonyl (C=O) groups excluding carboxylic acids is 2. The number of halogens is 3. The van der Waals surface area contributed by atoms with Crippen molar-refractivity contribution in [2.24, 2.45) is 5.10 Å². The molecule has 12 heteroatoms. The summed E-state index contributed by atoms with van der Waals surface area (Å²) < 4.78 is 11.9. The SMILES string of the molecule is O=C(COc1ccc(Cl)cc1[N+](=O)[O-])N/N=C/c1cc(Br)cc(Br)c1OC(=O)c1ccccc1. The molecule has 0 aromatic heterocycles. The number of hydrogen-bond donors (Lipinski definition) is 1. The summed E-state index contributed by atoms with van der Waals surface area (Å²) in [6, 6.07) is 15.6. The summed E-state index contributed by atoms with van der Waals surface area (Å²) in [5.41, 5.74) is 2.64. The number of nitrogens with zero attached hydrogens (tertiary/aromatic N) is 2. The third-order valence-corrected chi connectivity index (χ3v) is 5.39. The second-order valence-electron chi connectivity index (χ2n) is 6.51. The lowest BCUT2D eigenvalue weighted by Gasteiger charge is -2.10. The van der Waals surface area contributed by atoms with Crippen molar-refractivity contribution in [3.8, 4) is 11.5 Å². The molecule has 0 saturated heterocycles. The molecule has 0 bridgehead atoms. The highest BCUT2D eigenvalue weighted by atomic mass is 79.9. The summed E-state index contributed by atoms with van der Waals surface area (Å²) in [5, 5.41) is 15.1. The van der Waals surface area contributed by atoms with Gasteiger partial charge in [-0.3, -0.25) is 14.9 Å². The Morgan fingerprint density at radius 2 is 1.85 bits per heavy atom. The van der Waals surface area contributed by atoms with Crippen LogP contribution >= 0.6 is 43.5 Å². The molecule has 1 amide bonds. The first-order valence-corrected chi connectivity index (χ1v) is 11.4. The molecule has 0 heterocycles. The molecule has 0 aliphatic heterocycles. The summed E-state index contributed by atoms with van der Waals surface area (Å²) in [6.45, 7) is -0.530. The van der Waals surface area contributed by atoms with Crippen LogP contribution in [0, 0.1) is 10.1 Å². The zero-order valence-corrected chi connectivity index (χ0v) is 21.0. The van der Waals surface area contributed by atoms with E-state index in [1.165, 1.54) is 18.3 Å². The van der Waals surface area contributed by atoms with Gasteiger partial charge in [0, 0.05) is 21.1 Å². The number of carbonyl (C=O) groups is 2. The van der Waals surface area contributed by atoms with Crippen LogP contribution in [0.4, 0.5) is 5.69 Å². The molecule has 3 rings (SSSR count). The Morgan fingerprint density at radius 3 is 2.56 bits per heavy atom. The summed E-state index contributed by atoms with van der Waals surface area (Å²) in [6.07, 6.45) is 1.28. The Balaban J connectivity index is 1.68. The van der Waals surface area contributed by atoms with Crippen molar-refractivity contribution < 1.29 is 24.0 Å². The Labute approximate surface area is 215 Å². The van der Waals surface area contributed by atoms with E-state index in [2.05, 4.69) is 42.4 Å². The van der Waals surface area contributed by atoms with Crippen LogP contribution in [0.25, 0.3) is 0 Å². The first-order valence-electron chi connectivity index (χ1n) is 9.39. The quantitative estimate of drug-likeness (QED) is 0.118. The van der Waals surface area contributed by atoms with Gasteiger partial charge in [-0.2, -0.15) is 5.10 Å². The summed E-state index contributed by atoms with van der Waals surface area (Å²) in [4.78, 5) is 35.0. The Hall–Kier alpha value is -3.28. The van der Waals surface area contributed by atoms with Crippen molar-refractivity contribution in [1.82, 2.24) is 5.43 Å². The molecule has 1 N–H and O–H groups in total. The zero-order valence-electron chi connectivity index (χ0n) is 17.0. The molecular weight excluding hydrogens is 598 g/mol. The minimum Gasteiger partial charge on any atom is -0.477 e. The third kappa shape index (κ3) is 6.86. The number of hydrazone groups is 1. The largest absolute Gasteiger partial charge is 0.477 e. The maximum Gasteiger partial charge on any atom is 0.343 e. The maximum absolute atomic E-state index is 12.5. The predicted molar refractivity (Wildman–Crippen MR) is 133 cm³/mol. The first kappa shape index (κ1) is 25.3. The monoisotopic (exact) mass is 609 g/mol. The Kier molecular flexibility index (Phi) is 8.74. The van der Waals surface area contributed by atoms with Gasteiger partial charge in [0.25, 0.3) is 5.91 Å². The van der Waals surface area contributed by atoms with E-state index in [9.17, 15) is 19.7 Å². The Bertz CT molecular complexity index is 1270. The molecule has 34 heavy (non-hydrogen) atoms. The molecule has 9 nitrogen and oxygen atoms in total. The number of rotatable bonds is 8. The molecule has 0 aliphatic carbocycles. The van der Waals surface area contributed by atoms with E-state index in [1.807, 2.05) is 0 Å². The lowest BCUT2D eigenvalue weighted by Crippen LogP contribution is -2.24. The van der Waals surface area contributed by atoms with Gasteiger partial charge in [-0.15, -0.1) is 0 Å². The van der Waals surface area contributed by atoms with E-state index in [1.54, 1.807) is 42.5 Å². The van der Waals surface area contributed by atoms with Gasteiger partial charge < -0.3 is 9.47 Å². The number of esters is 1. The van der Waals surface area contributed by atoms with Crippen LogP contribution < -0.4 is 14.9 Å². The molecule has 0 fully saturated rings. The molecule has 0 spiro atoms. The molecule has 0 radical (unpaired) electrons. The van der Waals surface area contributed by atoms with Gasteiger partial charge in [-0.1, -0.05) is 45.7 Å². The van der Waals surface area contributed by atoms with Gasteiger partial charge >= 0.3 is 11.7 Å². The highest BCUT2D eigenvalue weighted by Crippen LogP contribution is 2.33. The summed E-state index contributed by atoms with van der Waals surface area (Å²) in [7, 11) is 0. The number of nitro benzene ring substituents is 1. The average Bonchev–Trinajstić information content (AvgIpc) is 2.80. The molecule has 3 aromatic carbocycles. The lowest BCUT2D eigenvalue weighted by molar-refractivity contribution is -0.385. The van der Waals surface area contributed by atoms with Gasteiger partial charge in [0.05, 0.1) is 21.2 Å². The van der Waals surface area contributed by atoms with E-state index in [4.69, 9.17) is 21.1 Å². The predicted octanol–water partition coefficient (Wildman–Crippen LogP) is 5.52. The van der Waals surface area contributed by atoms with Crippen molar-refractivity contribution >= 4 is 67.2 Å². The lowest BCUT2D eigenvalue weighted by atomic mass is 10.2. The van der Waals surface area contributed by atoms with Gasteiger partial charge in [0.15, 0.2) is 18.1 Å². The number of benzene rings is 3. The molecule has 0 atom stereocenters. The van der Waals surface area contributed by atoms with Gasteiger partial charge in [-0.05, 0) is 52.3 Å². The number of amides is 1. The van der Waals surface area contributed by atoms with Crippen molar-refractivity contribution in [3.05, 3.63) is 95.9 Å². The second-order valence-corrected chi connectivity index (χ2v) is 8.72. The zero-order chi connectivity index (χ0) is 24.7. The highest BCUT2D eigenvalue weighted by molar-refractivity contribution is 9.11. The highest BCUT2D eigenvalue weighted by Gasteiger charge is 2.17. The maximum atomic E-state index is 12.5. The molecule has 3 aromatic rings. The van der Waals surface area contributed by atoms with E-state index in [-0.39, 0.29) is 22.2 Å². The van der Waals surface area contributed by atoms with Crippen molar-refractivity contribution in [2.45, 2.75) is 0 Å². The number of nitro groups is 1. The smallest absolute Gasteiger partial charge is 0.343 e. The minimum atomic E-state index is -0.669. The van der Waals surface area contributed by atoms with E-state index in [0.29, 0.717) is 20.1 Å². The molecule has 174 valence electrons. The van der Waals surface area contributed by atoms with E-state index in [0.717, 1.165) is 6.07 Å². The van der Waals surface area contributed by atoms with Crippen molar-refractivity contribution in [3.63, 3.8) is 0 Å². The van der Waals surface area contributed by atoms with Crippen molar-refractivity contribution in [2.75, 3.05) is 6.61 Å². The average molecular weight is 612 g/mol. The van der Waals surface area contributed by atoms with E-state index >= 15 is 0 Å². The van der Waals surface area contributed by atoms with Gasteiger partial charge in [0.1, 0.15) is 0 Å². The second kappa shape index (κ2) is 11.7. The van der Waals surface area contributed by atoms with Crippen LogP contribution in [0.1, 0.15) is 15.9 Å². The van der Waals surface area contributed by atoms with Crippen molar-refractivity contribution in [1.29, 1.82) is 0 Å². The third-order valence-electron chi connectivity index (χ3n) is 4.11. The van der Waals surface area contributed by atoms with E-state index < -0.39 is 23.4 Å². The van der Waals surface area contributed by atoms with Gasteiger partial charge in [-0.25, -0.2) is 10.2 Å². The normalized spacial score (nSPS) is 10.7. The van der Waals surface area contributed by atoms with Crippen LogP contribution in [0.15, 0.2) is 74.7 Å². The van der Waals surface area contributed by atoms with Crippen LogP contribution in [-0.4, -0.2) is 29.6 Å². The molecular formula is C22H14Br2ClN3O6. The number of hydrogen-bond acceptors (Lipinski definition) is 7. The molecule has 0 saturated carbocycles.